The van der Waals surface area contributed by atoms with Crippen molar-refractivity contribution in [2.24, 2.45) is 11.8 Å². The van der Waals surface area contributed by atoms with E-state index in [-0.39, 0.29) is 24.5 Å². The van der Waals surface area contributed by atoms with E-state index in [0.29, 0.717) is 6.54 Å². The zero-order valence-electron chi connectivity index (χ0n) is 9.64. The van der Waals surface area contributed by atoms with Crippen LogP contribution in [-0.2, 0) is 4.79 Å². The number of carbonyl (C=O) groups excluding carboxylic acids is 1. The Balaban J connectivity index is 2.54. The number of amides is 2. The van der Waals surface area contributed by atoms with E-state index >= 15 is 0 Å². The fourth-order valence-corrected chi connectivity index (χ4v) is 1.80. The summed E-state index contributed by atoms with van der Waals surface area (Å²) in [5.74, 6) is -1.29. The van der Waals surface area contributed by atoms with Gasteiger partial charge in [-0.1, -0.05) is 13.0 Å². The van der Waals surface area contributed by atoms with Gasteiger partial charge in [0.05, 0.1) is 5.92 Å². The lowest BCUT2D eigenvalue weighted by atomic mass is 9.99. The fourth-order valence-electron chi connectivity index (χ4n) is 1.80. The van der Waals surface area contributed by atoms with Crippen LogP contribution in [0.15, 0.2) is 12.7 Å². The molecule has 0 aromatic rings. The van der Waals surface area contributed by atoms with Gasteiger partial charge in [-0.3, -0.25) is 4.79 Å². The van der Waals surface area contributed by atoms with Crippen LogP contribution in [0, 0.1) is 11.8 Å². The lowest BCUT2D eigenvalue weighted by Crippen LogP contribution is -2.42. The predicted octanol–water partition coefficient (Wildman–Crippen LogP) is 0.923. The van der Waals surface area contributed by atoms with Crippen LogP contribution in [0.1, 0.15) is 13.8 Å². The van der Waals surface area contributed by atoms with E-state index in [9.17, 15) is 9.59 Å². The second-order valence-electron chi connectivity index (χ2n) is 4.30. The van der Waals surface area contributed by atoms with Gasteiger partial charge in [-0.05, 0) is 12.8 Å². The summed E-state index contributed by atoms with van der Waals surface area (Å²) in [6.45, 7) is 8.02. The maximum atomic E-state index is 11.7. The molecule has 0 aromatic heterocycles. The Labute approximate surface area is 95.1 Å². The van der Waals surface area contributed by atoms with E-state index in [2.05, 4.69) is 11.9 Å². The molecule has 0 aromatic carbocycles. The highest BCUT2D eigenvalue weighted by Gasteiger charge is 2.36. The fraction of sp³-hybridized carbons (Fsp3) is 0.636. The summed E-state index contributed by atoms with van der Waals surface area (Å²) in [5.41, 5.74) is 0. The van der Waals surface area contributed by atoms with Gasteiger partial charge in [0, 0.05) is 19.1 Å². The van der Waals surface area contributed by atoms with Crippen LogP contribution < -0.4 is 5.32 Å². The molecule has 1 rings (SSSR count). The first-order valence-electron chi connectivity index (χ1n) is 5.36. The number of urea groups is 1. The molecular weight excluding hydrogens is 208 g/mol. The molecule has 1 saturated heterocycles. The van der Waals surface area contributed by atoms with E-state index in [1.807, 2.05) is 13.8 Å². The number of likely N-dealkylation sites (tertiary alicyclic amines) is 1. The van der Waals surface area contributed by atoms with Crippen LogP contribution >= 0.6 is 0 Å². The van der Waals surface area contributed by atoms with Crippen molar-refractivity contribution >= 4 is 12.0 Å². The summed E-state index contributed by atoms with van der Waals surface area (Å²) in [6, 6.07) is -0.324. The van der Waals surface area contributed by atoms with E-state index in [1.54, 1.807) is 11.0 Å². The molecule has 1 aliphatic rings. The van der Waals surface area contributed by atoms with E-state index in [4.69, 9.17) is 5.11 Å². The molecule has 0 spiro atoms. The molecule has 2 amide bonds. The number of nitrogens with one attached hydrogen (secondary N) is 1. The lowest BCUT2D eigenvalue weighted by molar-refractivity contribution is -0.142. The van der Waals surface area contributed by atoms with Gasteiger partial charge in [-0.15, -0.1) is 6.58 Å². The van der Waals surface area contributed by atoms with Gasteiger partial charge in [0.15, 0.2) is 0 Å². The quantitative estimate of drug-likeness (QED) is 0.703. The third-order valence-corrected chi connectivity index (χ3v) is 2.92. The third kappa shape index (κ3) is 2.74. The predicted molar refractivity (Wildman–Crippen MR) is 60.1 cm³/mol. The molecule has 0 aliphatic carbocycles. The van der Waals surface area contributed by atoms with Crippen LogP contribution in [0.2, 0.25) is 0 Å². The number of rotatable bonds is 3. The molecule has 3 atom stereocenters. The van der Waals surface area contributed by atoms with E-state index < -0.39 is 11.9 Å². The van der Waals surface area contributed by atoms with Crippen LogP contribution in [-0.4, -0.2) is 41.1 Å². The first-order valence-corrected chi connectivity index (χ1v) is 5.36. The van der Waals surface area contributed by atoms with Crippen molar-refractivity contribution in [2.75, 3.05) is 13.1 Å². The summed E-state index contributed by atoms with van der Waals surface area (Å²) < 4.78 is 0. The van der Waals surface area contributed by atoms with Gasteiger partial charge >= 0.3 is 12.0 Å². The molecule has 1 unspecified atom stereocenters. The highest BCUT2D eigenvalue weighted by molar-refractivity contribution is 5.78. The normalized spacial score (nSPS) is 26.2. The second-order valence-corrected chi connectivity index (χ2v) is 4.30. The van der Waals surface area contributed by atoms with Crippen LogP contribution in [0.25, 0.3) is 0 Å². The zero-order chi connectivity index (χ0) is 12.3. The standard InChI is InChI=1S/C11H18N2O3/c1-4-8(3)12-11(16)13-5-7(2)9(6-13)10(14)15/h4,7-9H,1,5-6H2,2-3H3,(H,12,16)(H,14,15)/t7-,8?,9-/m1/s1. The third-order valence-electron chi connectivity index (χ3n) is 2.92. The van der Waals surface area contributed by atoms with Crippen molar-refractivity contribution in [1.29, 1.82) is 0 Å². The summed E-state index contributed by atoms with van der Waals surface area (Å²) in [5, 5.41) is 11.7. The summed E-state index contributed by atoms with van der Waals surface area (Å²) in [6.07, 6.45) is 1.63. The molecule has 16 heavy (non-hydrogen) atoms. The number of hydrogen-bond acceptors (Lipinski definition) is 2. The summed E-state index contributed by atoms with van der Waals surface area (Å²) in [4.78, 5) is 24.1. The van der Waals surface area contributed by atoms with E-state index in [0.717, 1.165) is 0 Å². The zero-order valence-corrected chi connectivity index (χ0v) is 9.64. The Hall–Kier alpha value is -1.52. The van der Waals surface area contributed by atoms with Gasteiger partial charge < -0.3 is 15.3 Å². The average Bonchev–Trinajstić information content (AvgIpc) is 2.60. The van der Waals surface area contributed by atoms with Gasteiger partial charge in [0.2, 0.25) is 0 Å². The average molecular weight is 226 g/mol. The largest absolute Gasteiger partial charge is 0.481 e. The Kier molecular flexibility index (Phi) is 3.93. The minimum atomic E-state index is -0.834. The molecule has 5 nitrogen and oxygen atoms in total. The van der Waals surface area contributed by atoms with Crippen molar-refractivity contribution in [2.45, 2.75) is 19.9 Å². The topological polar surface area (TPSA) is 69.6 Å². The minimum Gasteiger partial charge on any atom is -0.481 e. The molecule has 0 bridgehead atoms. The molecule has 1 heterocycles. The number of carboxylic acids is 1. The smallest absolute Gasteiger partial charge is 0.317 e. The molecule has 0 radical (unpaired) electrons. The monoisotopic (exact) mass is 226 g/mol. The Morgan fingerprint density at radius 2 is 2.19 bits per heavy atom. The highest BCUT2D eigenvalue weighted by Crippen LogP contribution is 2.22. The summed E-state index contributed by atoms with van der Waals surface area (Å²) >= 11 is 0. The lowest BCUT2D eigenvalue weighted by Gasteiger charge is -2.18. The van der Waals surface area contributed by atoms with E-state index in [1.165, 1.54) is 0 Å². The number of aliphatic carboxylic acids is 1. The maximum Gasteiger partial charge on any atom is 0.317 e. The number of nitrogens with zero attached hydrogens (tertiary/aromatic N) is 1. The maximum absolute atomic E-state index is 11.7. The molecule has 2 N–H and O–H groups in total. The van der Waals surface area contributed by atoms with Gasteiger partial charge in [-0.2, -0.15) is 0 Å². The van der Waals surface area contributed by atoms with Gasteiger partial charge in [-0.25, -0.2) is 4.79 Å². The molecule has 90 valence electrons. The van der Waals surface area contributed by atoms with Crippen molar-refractivity contribution in [3.8, 4) is 0 Å². The van der Waals surface area contributed by atoms with Crippen molar-refractivity contribution in [1.82, 2.24) is 10.2 Å². The first-order chi connectivity index (χ1) is 7.45. The van der Waals surface area contributed by atoms with Gasteiger partial charge in [0.1, 0.15) is 0 Å². The van der Waals surface area contributed by atoms with Crippen LogP contribution in [0.3, 0.4) is 0 Å². The van der Waals surface area contributed by atoms with Crippen molar-refractivity contribution in [3.63, 3.8) is 0 Å². The van der Waals surface area contributed by atoms with Gasteiger partial charge in [0.25, 0.3) is 0 Å². The Bertz CT molecular complexity index is 304. The number of carbonyl (C=O) groups is 2. The molecule has 1 fully saturated rings. The second kappa shape index (κ2) is 5.01. The van der Waals surface area contributed by atoms with Crippen LogP contribution in [0.4, 0.5) is 4.79 Å². The SMILES string of the molecule is C=CC(C)NC(=O)N1C[C@@H](C)[C@H](C(=O)O)C1. The first kappa shape index (κ1) is 12.5. The Morgan fingerprint density at radius 3 is 2.62 bits per heavy atom. The number of carboxylic acid groups (broad SMARTS) is 1. The van der Waals surface area contributed by atoms with Crippen molar-refractivity contribution in [3.05, 3.63) is 12.7 Å². The molecule has 5 heteroatoms. The summed E-state index contributed by atoms with van der Waals surface area (Å²) in [7, 11) is 0. The molecule has 1 aliphatic heterocycles. The molecular formula is C11H18N2O3. The Morgan fingerprint density at radius 1 is 1.56 bits per heavy atom. The van der Waals surface area contributed by atoms with Crippen molar-refractivity contribution < 1.29 is 14.7 Å². The number of hydrogen-bond donors (Lipinski definition) is 2. The van der Waals surface area contributed by atoms with Crippen LogP contribution in [0.5, 0.6) is 0 Å². The highest BCUT2D eigenvalue weighted by atomic mass is 16.4. The molecule has 0 saturated carbocycles. The minimum absolute atomic E-state index is 0.00212.